The van der Waals surface area contributed by atoms with Gasteiger partial charge in [-0.05, 0) is 0 Å². The molecule has 0 atom stereocenters. The van der Waals surface area contributed by atoms with Gasteiger partial charge in [-0.2, -0.15) is 0 Å². The Morgan fingerprint density at radius 3 is 2.17 bits per heavy atom. The van der Waals surface area contributed by atoms with Gasteiger partial charge in [-0.1, -0.05) is 0 Å². The molecule has 0 heterocycles. The lowest BCUT2D eigenvalue weighted by atomic mass is 10.9. The largest absolute Gasteiger partial charge is 0.438 e. The first-order valence-corrected chi connectivity index (χ1v) is 3.29. The Morgan fingerprint density at radius 2 is 2.17 bits per heavy atom. The van der Waals surface area contributed by atoms with Gasteiger partial charge in [0.1, 0.15) is 0 Å². The molecule has 0 unspecified atom stereocenters. The van der Waals surface area contributed by atoms with E-state index in [1.807, 2.05) is 0 Å². The molecule has 0 saturated heterocycles. The van der Waals surface area contributed by atoms with E-state index in [9.17, 15) is 8.78 Å². The molecule has 0 aliphatic carbocycles. The van der Waals surface area contributed by atoms with Crippen LogP contribution in [0.4, 0.5) is 8.78 Å². The predicted octanol–water partition coefficient (Wildman–Crippen LogP) is -0.254. The van der Waals surface area contributed by atoms with Gasteiger partial charge in [0, 0.05) is 6.04 Å². The fraction of sp³-hybridized carbons (Fsp3) is 1.00. The van der Waals surface area contributed by atoms with Crippen molar-refractivity contribution in [3.05, 3.63) is 0 Å². The van der Waals surface area contributed by atoms with Crippen LogP contribution in [-0.4, -0.2) is 21.0 Å². The number of hydrogen-bond acceptors (Lipinski definition) is 1. The molecule has 0 fully saturated rings. The highest BCUT2D eigenvalue weighted by Gasteiger charge is 1.97. The van der Waals surface area contributed by atoms with Crippen LogP contribution in [0, 0.1) is 0 Å². The van der Waals surface area contributed by atoms with E-state index in [0.29, 0.717) is 0 Å². The summed E-state index contributed by atoms with van der Waals surface area (Å²) in [5.41, 5.74) is 0. The van der Waals surface area contributed by atoms with Crippen molar-refractivity contribution < 1.29 is 13.6 Å². The molecule has 1 N–H and O–H groups in total. The Labute approximate surface area is 36.9 Å². The molecular formula is C2H6F2OSi. The molecule has 0 aromatic heterocycles. The normalized spacial score (nSPS) is 12.0. The SMILES string of the molecule is O[SiH2]CC(F)F. The lowest BCUT2D eigenvalue weighted by Crippen LogP contribution is -1.94. The average Bonchev–Trinajstić information content (AvgIpc) is 1.35. The third kappa shape index (κ3) is 4.04. The van der Waals surface area contributed by atoms with E-state index in [4.69, 9.17) is 4.80 Å². The van der Waals surface area contributed by atoms with Crippen molar-refractivity contribution in [2.45, 2.75) is 12.5 Å². The van der Waals surface area contributed by atoms with Gasteiger partial charge in [0.05, 0.1) is 0 Å². The van der Waals surface area contributed by atoms with Crippen LogP contribution in [0.5, 0.6) is 0 Å². The monoisotopic (exact) mass is 112 g/mol. The fourth-order valence-corrected chi connectivity index (χ4v) is 0.293. The van der Waals surface area contributed by atoms with Crippen LogP contribution >= 0.6 is 0 Å². The van der Waals surface area contributed by atoms with E-state index >= 15 is 0 Å². The third-order valence-corrected chi connectivity index (χ3v) is 1.04. The Hall–Kier alpha value is 0.0369. The predicted molar refractivity (Wildman–Crippen MR) is 21.6 cm³/mol. The second-order valence-electron chi connectivity index (χ2n) is 0.903. The van der Waals surface area contributed by atoms with Crippen LogP contribution in [0.25, 0.3) is 0 Å². The van der Waals surface area contributed by atoms with Crippen LogP contribution in [0.2, 0.25) is 6.04 Å². The summed E-state index contributed by atoms with van der Waals surface area (Å²) in [5.74, 6) is 0. The Kier molecular flexibility index (Phi) is 3.26. The highest BCUT2D eigenvalue weighted by Crippen LogP contribution is 1.95. The van der Waals surface area contributed by atoms with Crippen LogP contribution in [-0.2, 0) is 0 Å². The highest BCUT2D eigenvalue weighted by atomic mass is 28.2. The summed E-state index contributed by atoms with van der Waals surface area (Å²) < 4.78 is 21.8. The summed E-state index contributed by atoms with van der Waals surface area (Å²) in [7, 11) is -1.38. The van der Waals surface area contributed by atoms with Crippen LogP contribution in [0.15, 0.2) is 0 Å². The third-order valence-electron chi connectivity index (χ3n) is 0.347. The van der Waals surface area contributed by atoms with E-state index in [1.54, 1.807) is 0 Å². The lowest BCUT2D eigenvalue weighted by Gasteiger charge is -1.86. The summed E-state index contributed by atoms with van der Waals surface area (Å²) in [5, 5.41) is 0. The van der Waals surface area contributed by atoms with Gasteiger partial charge < -0.3 is 4.80 Å². The zero-order valence-electron chi connectivity index (χ0n) is 3.19. The van der Waals surface area contributed by atoms with Crippen molar-refractivity contribution >= 4 is 9.76 Å². The summed E-state index contributed by atoms with van der Waals surface area (Å²) in [6, 6.07) is -0.264. The number of alkyl halides is 2. The van der Waals surface area contributed by atoms with Crippen LogP contribution < -0.4 is 0 Å². The maximum Gasteiger partial charge on any atom is 0.238 e. The molecule has 1 nitrogen and oxygen atoms in total. The van der Waals surface area contributed by atoms with E-state index < -0.39 is 16.2 Å². The van der Waals surface area contributed by atoms with Crippen molar-refractivity contribution in [2.75, 3.05) is 0 Å². The van der Waals surface area contributed by atoms with E-state index in [-0.39, 0.29) is 6.04 Å². The second-order valence-corrected chi connectivity index (χ2v) is 1.93. The standard InChI is InChI=1S/C2H6F2OSi/c3-2(4)1-6-5/h2,5H,1,6H2. The Balaban J connectivity index is 2.63. The first-order valence-electron chi connectivity index (χ1n) is 1.66. The topological polar surface area (TPSA) is 20.2 Å². The molecule has 38 valence electrons. The Bertz CT molecular complexity index is 32.7. The van der Waals surface area contributed by atoms with Gasteiger partial charge in [-0.3, -0.25) is 0 Å². The highest BCUT2D eigenvalue weighted by molar-refractivity contribution is 6.25. The second kappa shape index (κ2) is 3.24. The summed E-state index contributed by atoms with van der Waals surface area (Å²) in [6.45, 7) is 0. The molecule has 0 bridgehead atoms. The molecule has 0 amide bonds. The molecule has 0 aliphatic rings. The molecule has 4 heteroatoms. The van der Waals surface area contributed by atoms with E-state index in [1.165, 1.54) is 0 Å². The molecule has 0 aromatic carbocycles. The van der Waals surface area contributed by atoms with Gasteiger partial charge in [0.2, 0.25) is 6.43 Å². The zero-order valence-corrected chi connectivity index (χ0v) is 4.61. The van der Waals surface area contributed by atoms with Crippen molar-refractivity contribution in [3.8, 4) is 0 Å². The summed E-state index contributed by atoms with van der Waals surface area (Å²) in [4.78, 5) is 7.90. The molecule has 0 aliphatic heterocycles. The van der Waals surface area contributed by atoms with Gasteiger partial charge in [0.25, 0.3) is 0 Å². The molecule has 6 heavy (non-hydrogen) atoms. The first-order chi connectivity index (χ1) is 2.77. The minimum absolute atomic E-state index is 0.264. The summed E-state index contributed by atoms with van der Waals surface area (Å²) >= 11 is 0. The van der Waals surface area contributed by atoms with Crippen molar-refractivity contribution in [1.82, 2.24) is 0 Å². The number of hydrogen-bond donors (Lipinski definition) is 1. The Morgan fingerprint density at radius 1 is 1.67 bits per heavy atom. The van der Waals surface area contributed by atoms with Crippen molar-refractivity contribution in [2.24, 2.45) is 0 Å². The van der Waals surface area contributed by atoms with Gasteiger partial charge in [-0.25, -0.2) is 8.78 Å². The lowest BCUT2D eigenvalue weighted by molar-refractivity contribution is 0.168. The molecule has 0 radical (unpaired) electrons. The average molecular weight is 112 g/mol. The molecule has 0 rings (SSSR count). The minimum atomic E-state index is -2.29. The van der Waals surface area contributed by atoms with Crippen LogP contribution in [0.3, 0.4) is 0 Å². The minimum Gasteiger partial charge on any atom is -0.438 e. The molecular weight excluding hydrogens is 106 g/mol. The van der Waals surface area contributed by atoms with Crippen molar-refractivity contribution in [1.29, 1.82) is 0 Å². The fourth-order valence-electron chi connectivity index (χ4n) is 0.0976. The van der Waals surface area contributed by atoms with E-state index in [0.717, 1.165) is 0 Å². The smallest absolute Gasteiger partial charge is 0.238 e. The quantitative estimate of drug-likeness (QED) is 0.488. The van der Waals surface area contributed by atoms with Gasteiger partial charge in [-0.15, -0.1) is 0 Å². The maximum atomic E-state index is 10.9. The number of rotatable bonds is 2. The first kappa shape index (κ1) is 6.04. The van der Waals surface area contributed by atoms with Crippen molar-refractivity contribution in [3.63, 3.8) is 0 Å². The summed E-state index contributed by atoms with van der Waals surface area (Å²) in [6.07, 6.45) is -2.29. The molecule has 0 saturated carbocycles. The number of halogens is 2. The zero-order chi connectivity index (χ0) is 4.99. The molecule has 0 aromatic rings. The van der Waals surface area contributed by atoms with Gasteiger partial charge >= 0.3 is 0 Å². The van der Waals surface area contributed by atoms with E-state index in [2.05, 4.69) is 0 Å². The maximum absolute atomic E-state index is 10.9. The molecule has 0 spiro atoms. The van der Waals surface area contributed by atoms with Gasteiger partial charge in [0.15, 0.2) is 9.76 Å². The van der Waals surface area contributed by atoms with Crippen LogP contribution in [0.1, 0.15) is 0 Å².